The van der Waals surface area contributed by atoms with Gasteiger partial charge in [0.05, 0.1) is 12.4 Å². The van der Waals surface area contributed by atoms with E-state index in [2.05, 4.69) is 31.2 Å². The van der Waals surface area contributed by atoms with E-state index in [0.29, 0.717) is 0 Å². The molecule has 0 bridgehead atoms. The number of rotatable bonds is 3. The second-order valence-corrected chi connectivity index (χ2v) is 4.85. The maximum Gasteiger partial charge on any atom is 0.275 e. The number of nitrogens with one attached hydrogen (secondary N) is 1. The predicted octanol–water partition coefficient (Wildman–Crippen LogP) is 2.64. The molecule has 2 rings (SSSR count). The van der Waals surface area contributed by atoms with Crippen molar-refractivity contribution in [3.8, 4) is 0 Å². The fourth-order valence-electron chi connectivity index (χ4n) is 1.62. The lowest BCUT2D eigenvalue weighted by Gasteiger charge is -2.10. The Bertz CT molecular complexity index is 598. The first-order valence-electron chi connectivity index (χ1n) is 5.77. The zero-order chi connectivity index (χ0) is 13.8. The highest BCUT2D eigenvalue weighted by Crippen LogP contribution is 2.22. The van der Waals surface area contributed by atoms with Gasteiger partial charge in [-0.25, -0.2) is 9.97 Å². The van der Waals surface area contributed by atoms with Crippen molar-refractivity contribution in [3.05, 3.63) is 46.3 Å². The van der Waals surface area contributed by atoms with E-state index in [4.69, 9.17) is 5.73 Å². The molecule has 0 spiro atoms. The molecule has 0 saturated carbocycles. The molecule has 0 unspecified atom stereocenters. The van der Waals surface area contributed by atoms with E-state index in [9.17, 15) is 4.79 Å². The summed E-state index contributed by atoms with van der Waals surface area (Å²) >= 11 is 3.41. The molecule has 2 aromatic rings. The van der Waals surface area contributed by atoms with Crippen molar-refractivity contribution in [3.63, 3.8) is 0 Å². The highest BCUT2D eigenvalue weighted by molar-refractivity contribution is 9.10. The van der Waals surface area contributed by atoms with E-state index in [1.807, 2.05) is 25.1 Å². The molecule has 0 saturated heterocycles. The van der Waals surface area contributed by atoms with Crippen LogP contribution in [0.4, 0.5) is 11.5 Å². The number of nitrogens with zero attached hydrogens (tertiary/aromatic N) is 2. The van der Waals surface area contributed by atoms with E-state index >= 15 is 0 Å². The Morgan fingerprint density at radius 1 is 1.37 bits per heavy atom. The van der Waals surface area contributed by atoms with Gasteiger partial charge in [0.1, 0.15) is 11.5 Å². The molecule has 0 atom stereocenters. The Labute approximate surface area is 119 Å². The maximum atomic E-state index is 12.0. The lowest BCUT2D eigenvalue weighted by molar-refractivity contribution is 0.102. The van der Waals surface area contributed by atoms with Gasteiger partial charge in [-0.2, -0.15) is 0 Å². The summed E-state index contributed by atoms with van der Waals surface area (Å²) in [4.78, 5) is 19.8. The van der Waals surface area contributed by atoms with Gasteiger partial charge in [-0.1, -0.05) is 22.9 Å². The first-order chi connectivity index (χ1) is 9.10. The van der Waals surface area contributed by atoms with E-state index in [-0.39, 0.29) is 17.4 Å². The predicted molar refractivity (Wildman–Crippen MR) is 77.9 cm³/mol. The van der Waals surface area contributed by atoms with Crippen LogP contribution in [0.15, 0.2) is 35.1 Å². The number of aromatic nitrogens is 2. The van der Waals surface area contributed by atoms with E-state index in [1.165, 1.54) is 12.4 Å². The molecule has 3 N–H and O–H groups in total. The zero-order valence-corrected chi connectivity index (χ0v) is 11.9. The quantitative estimate of drug-likeness (QED) is 0.910. The van der Waals surface area contributed by atoms with Crippen molar-refractivity contribution in [2.45, 2.75) is 13.3 Å². The highest BCUT2D eigenvalue weighted by atomic mass is 79.9. The normalized spacial score (nSPS) is 10.2. The molecule has 0 aliphatic rings. The number of amides is 1. The largest absolute Gasteiger partial charge is 0.382 e. The molecular weight excluding hydrogens is 308 g/mol. The second-order valence-electron chi connectivity index (χ2n) is 3.94. The Hall–Kier alpha value is -1.95. The lowest BCUT2D eigenvalue weighted by atomic mass is 10.1. The molecule has 0 aliphatic carbocycles. The molecular formula is C13H13BrN4O. The molecule has 98 valence electrons. The molecule has 0 fully saturated rings. The summed E-state index contributed by atoms with van der Waals surface area (Å²) in [5.74, 6) is -0.0149. The maximum absolute atomic E-state index is 12.0. The van der Waals surface area contributed by atoms with Crippen molar-refractivity contribution in [2.75, 3.05) is 11.1 Å². The van der Waals surface area contributed by atoms with Crippen molar-refractivity contribution in [1.82, 2.24) is 9.97 Å². The van der Waals surface area contributed by atoms with Gasteiger partial charge in [0.15, 0.2) is 0 Å². The average molecular weight is 321 g/mol. The monoisotopic (exact) mass is 320 g/mol. The summed E-state index contributed by atoms with van der Waals surface area (Å²) in [6, 6.07) is 5.71. The number of carbonyl (C=O) groups excluding carboxylic acids is 1. The van der Waals surface area contributed by atoms with Crippen molar-refractivity contribution in [1.29, 1.82) is 0 Å². The van der Waals surface area contributed by atoms with Crippen LogP contribution in [-0.2, 0) is 6.42 Å². The molecule has 6 heteroatoms. The number of hydrogen-bond acceptors (Lipinski definition) is 4. The van der Waals surface area contributed by atoms with Gasteiger partial charge in [-0.3, -0.25) is 4.79 Å². The number of hydrogen-bond donors (Lipinski definition) is 2. The minimum Gasteiger partial charge on any atom is -0.382 e. The van der Waals surface area contributed by atoms with Gasteiger partial charge in [0, 0.05) is 10.2 Å². The first kappa shape index (κ1) is 13.5. The van der Waals surface area contributed by atoms with Gasteiger partial charge in [-0.15, -0.1) is 0 Å². The molecule has 0 radical (unpaired) electrons. The number of nitrogen functional groups attached to an aromatic ring is 1. The summed E-state index contributed by atoms with van der Waals surface area (Å²) in [7, 11) is 0. The van der Waals surface area contributed by atoms with Crippen LogP contribution in [0.2, 0.25) is 0 Å². The summed E-state index contributed by atoms with van der Waals surface area (Å²) in [6.45, 7) is 2.03. The summed E-state index contributed by atoms with van der Waals surface area (Å²) in [5, 5.41) is 2.82. The number of anilines is 2. The third-order valence-corrected chi connectivity index (χ3v) is 3.09. The Morgan fingerprint density at radius 2 is 2.16 bits per heavy atom. The number of halogens is 1. The first-order valence-corrected chi connectivity index (χ1v) is 6.56. The van der Waals surface area contributed by atoms with Gasteiger partial charge < -0.3 is 11.1 Å². The SMILES string of the molecule is CCc1cc(Br)ccc1NC(=O)c1cnc(N)cn1. The summed E-state index contributed by atoms with van der Waals surface area (Å²) < 4.78 is 0.981. The summed E-state index contributed by atoms with van der Waals surface area (Å²) in [5.41, 5.74) is 7.49. The molecule has 1 heterocycles. The second kappa shape index (κ2) is 5.79. The highest BCUT2D eigenvalue weighted by Gasteiger charge is 2.10. The average Bonchev–Trinajstić information content (AvgIpc) is 2.41. The zero-order valence-electron chi connectivity index (χ0n) is 10.4. The third kappa shape index (κ3) is 3.29. The van der Waals surface area contributed by atoms with Crippen LogP contribution in [0.25, 0.3) is 0 Å². The number of aryl methyl sites for hydroxylation is 1. The van der Waals surface area contributed by atoms with E-state index in [0.717, 1.165) is 22.1 Å². The molecule has 0 aliphatic heterocycles. The summed E-state index contributed by atoms with van der Waals surface area (Å²) in [6.07, 6.45) is 3.54. The molecule has 1 aromatic carbocycles. The minimum absolute atomic E-state index is 0.235. The Kier molecular flexibility index (Phi) is 4.11. The third-order valence-electron chi connectivity index (χ3n) is 2.60. The van der Waals surface area contributed by atoms with Gasteiger partial charge in [0.2, 0.25) is 0 Å². The van der Waals surface area contributed by atoms with E-state index < -0.39 is 0 Å². The van der Waals surface area contributed by atoms with Crippen LogP contribution >= 0.6 is 15.9 Å². The van der Waals surface area contributed by atoms with Crippen molar-refractivity contribution >= 4 is 33.3 Å². The molecule has 5 nitrogen and oxygen atoms in total. The van der Waals surface area contributed by atoms with Crippen LogP contribution in [0.1, 0.15) is 23.0 Å². The minimum atomic E-state index is -0.301. The van der Waals surface area contributed by atoms with Gasteiger partial charge in [-0.05, 0) is 30.2 Å². The fourth-order valence-corrected chi connectivity index (χ4v) is 2.03. The topological polar surface area (TPSA) is 80.9 Å². The Balaban J connectivity index is 2.21. The molecule has 19 heavy (non-hydrogen) atoms. The van der Waals surface area contributed by atoms with Crippen LogP contribution in [0, 0.1) is 0 Å². The standard InChI is InChI=1S/C13H13BrN4O/c1-2-8-5-9(14)3-4-10(8)18-13(19)11-6-17-12(15)7-16-11/h3-7H,2H2,1H3,(H2,15,17)(H,18,19). The Morgan fingerprint density at radius 3 is 2.79 bits per heavy atom. The van der Waals surface area contributed by atoms with Crippen LogP contribution in [0.3, 0.4) is 0 Å². The van der Waals surface area contributed by atoms with Crippen LogP contribution in [0.5, 0.6) is 0 Å². The van der Waals surface area contributed by atoms with Crippen LogP contribution in [-0.4, -0.2) is 15.9 Å². The fraction of sp³-hybridized carbons (Fsp3) is 0.154. The van der Waals surface area contributed by atoms with Gasteiger partial charge in [0.25, 0.3) is 5.91 Å². The van der Waals surface area contributed by atoms with Crippen molar-refractivity contribution < 1.29 is 4.79 Å². The van der Waals surface area contributed by atoms with Crippen LogP contribution < -0.4 is 11.1 Å². The van der Waals surface area contributed by atoms with Crippen molar-refractivity contribution in [2.24, 2.45) is 0 Å². The number of carbonyl (C=O) groups is 1. The smallest absolute Gasteiger partial charge is 0.275 e. The molecule has 1 aromatic heterocycles. The molecule has 1 amide bonds. The number of nitrogens with two attached hydrogens (primary N) is 1. The number of benzene rings is 1. The van der Waals surface area contributed by atoms with E-state index in [1.54, 1.807) is 0 Å². The lowest BCUT2D eigenvalue weighted by Crippen LogP contribution is -2.15. The van der Waals surface area contributed by atoms with Gasteiger partial charge >= 0.3 is 0 Å².